The third-order valence-corrected chi connectivity index (χ3v) is 6.23. The molecule has 10 heteroatoms. The van der Waals surface area contributed by atoms with E-state index in [9.17, 15) is 0 Å². The molecular weight excluding hydrogens is 466 g/mol. The van der Waals surface area contributed by atoms with Crippen LogP contribution in [0.3, 0.4) is 0 Å². The summed E-state index contributed by atoms with van der Waals surface area (Å²) in [7, 11) is 2.15. The number of likely N-dealkylation sites (N-methyl/N-ethyl adjacent to an activating group) is 1. The van der Waals surface area contributed by atoms with Crippen molar-refractivity contribution in [3.8, 4) is 17.0 Å². The van der Waals surface area contributed by atoms with Crippen molar-refractivity contribution in [2.75, 3.05) is 20.1 Å². The lowest BCUT2D eigenvalue weighted by atomic mass is 10.1. The van der Waals surface area contributed by atoms with Crippen LogP contribution in [-0.4, -0.2) is 60.7 Å². The number of rotatable bonds is 5. The summed E-state index contributed by atoms with van der Waals surface area (Å²) in [5.74, 6) is 0.639. The average molecular weight is 494 g/mol. The number of ether oxygens (including phenoxy) is 1. The smallest absolute Gasteiger partial charge is 0.148 e. The Kier molecular flexibility index (Phi) is 7.57. The molecule has 0 aliphatic carbocycles. The number of nitrogens with zero attached hydrogens (tertiary/aromatic N) is 7. The molecule has 0 N–H and O–H groups in total. The van der Waals surface area contributed by atoms with Crippen molar-refractivity contribution in [3.63, 3.8) is 0 Å². The van der Waals surface area contributed by atoms with E-state index in [-0.39, 0.29) is 6.10 Å². The number of fused-ring (bicyclic) bond motifs is 2. The zero-order valence-electron chi connectivity index (χ0n) is 20.1. The summed E-state index contributed by atoms with van der Waals surface area (Å²) in [5, 5.41) is 9.90. The van der Waals surface area contributed by atoms with Gasteiger partial charge in [0.2, 0.25) is 0 Å². The summed E-state index contributed by atoms with van der Waals surface area (Å²) in [6.07, 6.45) is 11.1. The van der Waals surface area contributed by atoms with Crippen LogP contribution in [0.25, 0.3) is 16.8 Å². The molecule has 4 aromatic heterocycles. The van der Waals surface area contributed by atoms with E-state index in [1.807, 2.05) is 19.2 Å². The van der Waals surface area contributed by atoms with E-state index in [2.05, 4.69) is 45.2 Å². The lowest BCUT2D eigenvalue weighted by Crippen LogP contribution is -2.21. The van der Waals surface area contributed by atoms with Gasteiger partial charge in [0.05, 0.1) is 35.3 Å². The first-order chi connectivity index (χ1) is 16.9. The summed E-state index contributed by atoms with van der Waals surface area (Å²) in [5.41, 5.74) is 5.84. The fourth-order valence-corrected chi connectivity index (χ4v) is 4.30. The molecule has 0 spiro atoms. The summed E-state index contributed by atoms with van der Waals surface area (Å²) in [6, 6.07) is 2.00. The van der Waals surface area contributed by atoms with Gasteiger partial charge in [-0.1, -0.05) is 18.2 Å². The molecule has 5 heterocycles. The van der Waals surface area contributed by atoms with Crippen molar-refractivity contribution in [2.45, 2.75) is 32.9 Å². The van der Waals surface area contributed by atoms with Gasteiger partial charge in [0.25, 0.3) is 0 Å². The minimum absolute atomic E-state index is 0.297. The van der Waals surface area contributed by atoms with Crippen molar-refractivity contribution in [1.29, 1.82) is 0 Å². The number of carbonyl (C=O) groups is 1. The summed E-state index contributed by atoms with van der Waals surface area (Å²) in [6.45, 7) is 10.1. The van der Waals surface area contributed by atoms with Crippen LogP contribution in [-0.2, 0) is 17.8 Å². The Labute approximate surface area is 209 Å². The summed E-state index contributed by atoms with van der Waals surface area (Å²) in [4.78, 5) is 19.9. The first kappa shape index (κ1) is 24.6. The molecule has 9 nitrogen and oxygen atoms in total. The predicted molar refractivity (Wildman–Crippen MR) is 135 cm³/mol. The number of allylic oxidation sites excluding steroid dienone is 1. The van der Waals surface area contributed by atoms with Crippen LogP contribution in [0.1, 0.15) is 30.0 Å². The van der Waals surface area contributed by atoms with Gasteiger partial charge in [-0.25, -0.2) is 4.52 Å². The fraction of sp³-hybridized carbons (Fsp3) is 0.320. The Morgan fingerprint density at radius 3 is 2.74 bits per heavy atom. The molecule has 0 fully saturated rings. The Morgan fingerprint density at radius 1 is 1.23 bits per heavy atom. The fourth-order valence-electron chi connectivity index (χ4n) is 4.08. The van der Waals surface area contributed by atoms with Crippen molar-refractivity contribution in [1.82, 2.24) is 34.3 Å². The first-order valence-corrected chi connectivity index (χ1v) is 11.7. The molecule has 35 heavy (non-hydrogen) atoms. The zero-order chi connectivity index (χ0) is 24.9. The SMILES string of the molecule is C=CC=O.Cc1c(-c2cc(OC(C)c3cnccn3)c3c(Cl)cnn3c2)nn2c1CCN(C)CC2. The zero-order valence-corrected chi connectivity index (χ0v) is 20.8. The normalized spacial score (nSPS) is 14.4. The van der Waals surface area contributed by atoms with Crippen LogP contribution in [0, 0.1) is 6.92 Å². The van der Waals surface area contributed by atoms with Crippen molar-refractivity contribution >= 4 is 23.4 Å². The maximum atomic E-state index is 9.06. The van der Waals surface area contributed by atoms with E-state index in [0.29, 0.717) is 17.1 Å². The monoisotopic (exact) mass is 493 g/mol. The highest BCUT2D eigenvalue weighted by Gasteiger charge is 2.22. The van der Waals surface area contributed by atoms with Crippen LogP contribution >= 0.6 is 11.6 Å². The number of hydrogen-bond donors (Lipinski definition) is 0. The van der Waals surface area contributed by atoms with Crippen LogP contribution in [0.4, 0.5) is 0 Å². The maximum Gasteiger partial charge on any atom is 0.148 e. The van der Waals surface area contributed by atoms with E-state index in [1.165, 1.54) is 17.3 Å². The van der Waals surface area contributed by atoms with E-state index in [4.69, 9.17) is 26.2 Å². The second kappa shape index (κ2) is 10.8. The van der Waals surface area contributed by atoms with E-state index in [0.717, 1.165) is 48.5 Å². The Balaban J connectivity index is 0.000000672. The highest BCUT2D eigenvalue weighted by atomic mass is 35.5. The summed E-state index contributed by atoms with van der Waals surface area (Å²) < 4.78 is 10.2. The van der Waals surface area contributed by atoms with Gasteiger partial charge in [-0.05, 0) is 38.6 Å². The topological polar surface area (TPSA) is 90.4 Å². The average Bonchev–Trinajstić information content (AvgIpc) is 3.34. The molecule has 0 radical (unpaired) electrons. The number of pyridine rings is 1. The van der Waals surface area contributed by atoms with E-state index in [1.54, 1.807) is 29.3 Å². The van der Waals surface area contributed by atoms with Gasteiger partial charge in [0.1, 0.15) is 23.7 Å². The van der Waals surface area contributed by atoms with Crippen LogP contribution < -0.4 is 4.74 Å². The highest BCUT2D eigenvalue weighted by Crippen LogP contribution is 2.35. The molecule has 182 valence electrons. The number of carbonyl (C=O) groups excluding carboxylic acids is 1. The van der Waals surface area contributed by atoms with Crippen LogP contribution in [0.15, 0.2) is 49.7 Å². The van der Waals surface area contributed by atoms with Gasteiger partial charge in [0.15, 0.2) is 0 Å². The Bertz CT molecular complexity index is 1330. The van der Waals surface area contributed by atoms with E-state index < -0.39 is 0 Å². The molecule has 0 saturated heterocycles. The van der Waals surface area contributed by atoms with Gasteiger partial charge >= 0.3 is 0 Å². The number of aromatic nitrogens is 6. The molecule has 1 unspecified atom stereocenters. The molecule has 4 aromatic rings. The van der Waals surface area contributed by atoms with Gasteiger partial charge < -0.3 is 9.64 Å². The first-order valence-electron chi connectivity index (χ1n) is 11.3. The summed E-state index contributed by atoms with van der Waals surface area (Å²) >= 11 is 6.44. The molecular formula is C25H28ClN7O2. The van der Waals surface area contributed by atoms with Gasteiger partial charge in [-0.3, -0.25) is 19.4 Å². The molecule has 0 saturated carbocycles. The largest absolute Gasteiger partial charge is 0.482 e. The second-order valence-electron chi connectivity index (χ2n) is 8.34. The highest BCUT2D eigenvalue weighted by molar-refractivity contribution is 6.34. The lowest BCUT2D eigenvalue weighted by molar-refractivity contribution is -0.104. The van der Waals surface area contributed by atoms with Crippen molar-refractivity contribution in [2.24, 2.45) is 0 Å². The molecule has 1 aliphatic heterocycles. The van der Waals surface area contributed by atoms with Crippen LogP contribution in [0.5, 0.6) is 5.75 Å². The quantitative estimate of drug-likeness (QED) is 0.307. The third kappa shape index (κ3) is 5.26. The van der Waals surface area contributed by atoms with Crippen molar-refractivity contribution < 1.29 is 9.53 Å². The molecule has 1 aliphatic rings. The Morgan fingerprint density at radius 2 is 2.03 bits per heavy atom. The third-order valence-electron chi connectivity index (χ3n) is 5.95. The minimum Gasteiger partial charge on any atom is -0.482 e. The molecule has 0 amide bonds. The number of aldehydes is 1. The van der Waals surface area contributed by atoms with Gasteiger partial charge in [0, 0.05) is 49.4 Å². The second-order valence-corrected chi connectivity index (χ2v) is 8.74. The standard InChI is InChI=1S/C22H24ClN7O.C3H4O/c1-14-19-4-7-28(3)8-9-29(19)27-21(14)16-10-20(22-17(23)11-26-30(22)13-16)31-15(2)18-12-24-5-6-25-18;1-2-3-4/h5-6,10-13,15H,4,7-9H2,1-3H3;2-3H,1H2. The molecule has 1 atom stereocenters. The molecule has 0 aromatic carbocycles. The minimum atomic E-state index is -0.297. The Hall–Kier alpha value is -3.56. The van der Waals surface area contributed by atoms with Gasteiger partial charge in [-0.15, -0.1) is 0 Å². The van der Waals surface area contributed by atoms with Crippen molar-refractivity contribution in [3.05, 3.63) is 71.7 Å². The van der Waals surface area contributed by atoms with Gasteiger partial charge in [-0.2, -0.15) is 10.2 Å². The lowest BCUT2D eigenvalue weighted by Gasteiger charge is -2.16. The predicted octanol–water partition coefficient (Wildman–Crippen LogP) is 3.95. The van der Waals surface area contributed by atoms with Crippen LogP contribution in [0.2, 0.25) is 5.02 Å². The number of halogens is 1. The molecule has 5 rings (SSSR count). The van der Waals surface area contributed by atoms with E-state index >= 15 is 0 Å². The maximum absolute atomic E-state index is 9.06. The number of hydrogen-bond acceptors (Lipinski definition) is 7. The molecule has 0 bridgehead atoms.